The topological polar surface area (TPSA) is 95.1 Å². The average Bonchev–Trinajstić information content (AvgIpc) is 2.95. The minimum absolute atomic E-state index is 0.116. The summed E-state index contributed by atoms with van der Waals surface area (Å²) in [5.74, 6) is 1.45. The molecule has 0 saturated carbocycles. The van der Waals surface area contributed by atoms with Crippen LogP contribution in [-0.2, 0) is 11.4 Å². The third-order valence-electron chi connectivity index (χ3n) is 3.31. The summed E-state index contributed by atoms with van der Waals surface area (Å²) >= 11 is 0. The minimum Gasteiger partial charge on any atom is -0.486 e. The van der Waals surface area contributed by atoms with Crippen LogP contribution in [0.25, 0.3) is 5.69 Å². The standard InChI is InChI=1S/C17H17N5O2/c1-12(23)19-13-7-9-15(10-8-13)24-11-16-20-21-17(18)22(16)14-5-3-2-4-6-14/h2-10H,11H2,1H3,(H2,18,21)(H,19,23). The maximum absolute atomic E-state index is 11.0. The van der Waals surface area contributed by atoms with Gasteiger partial charge in [0.15, 0.2) is 5.82 Å². The fourth-order valence-corrected chi connectivity index (χ4v) is 2.27. The number of aromatic nitrogens is 3. The van der Waals surface area contributed by atoms with Crippen LogP contribution in [0.4, 0.5) is 11.6 Å². The molecule has 122 valence electrons. The molecule has 0 fully saturated rings. The molecule has 7 heteroatoms. The van der Waals surface area contributed by atoms with Crippen molar-refractivity contribution in [2.75, 3.05) is 11.1 Å². The molecule has 0 aliphatic carbocycles. The van der Waals surface area contributed by atoms with Crippen molar-refractivity contribution in [1.29, 1.82) is 0 Å². The van der Waals surface area contributed by atoms with Gasteiger partial charge in [0.2, 0.25) is 11.9 Å². The highest BCUT2D eigenvalue weighted by molar-refractivity contribution is 5.88. The molecule has 0 spiro atoms. The predicted molar refractivity (Wildman–Crippen MR) is 90.8 cm³/mol. The van der Waals surface area contributed by atoms with Crippen LogP contribution in [0.15, 0.2) is 54.6 Å². The Kier molecular flexibility index (Phi) is 4.42. The number of rotatable bonds is 5. The van der Waals surface area contributed by atoms with Crippen LogP contribution in [-0.4, -0.2) is 20.7 Å². The van der Waals surface area contributed by atoms with Crippen LogP contribution < -0.4 is 15.8 Å². The van der Waals surface area contributed by atoms with E-state index in [2.05, 4.69) is 15.5 Å². The van der Waals surface area contributed by atoms with Crippen LogP contribution >= 0.6 is 0 Å². The van der Waals surface area contributed by atoms with Crippen molar-refractivity contribution in [3.8, 4) is 11.4 Å². The van der Waals surface area contributed by atoms with Gasteiger partial charge < -0.3 is 15.8 Å². The monoisotopic (exact) mass is 323 g/mol. The van der Waals surface area contributed by atoms with Crippen molar-refractivity contribution >= 4 is 17.5 Å². The lowest BCUT2D eigenvalue weighted by atomic mass is 10.3. The molecule has 1 heterocycles. The average molecular weight is 323 g/mol. The van der Waals surface area contributed by atoms with Crippen molar-refractivity contribution in [3.05, 3.63) is 60.4 Å². The van der Waals surface area contributed by atoms with Crippen LogP contribution in [0, 0.1) is 0 Å². The summed E-state index contributed by atoms with van der Waals surface area (Å²) in [6.07, 6.45) is 0. The molecule has 3 N–H and O–H groups in total. The minimum atomic E-state index is -0.116. The molecule has 0 atom stereocenters. The number of nitrogens with zero attached hydrogens (tertiary/aromatic N) is 3. The first-order valence-electron chi connectivity index (χ1n) is 7.39. The van der Waals surface area contributed by atoms with E-state index in [0.717, 1.165) is 5.69 Å². The number of carbonyl (C=O) groups excluding carboxylic acids is 1. The maximum Gasteiger partial charge on any atom is 0.226 e. The number of amides is 1. The first-order valence-corrected chi connectivity index (χ1v) is 7.39. The van der Waals surface area contributed by atoms with Gasteiger partial charge in [0.25, 0.3) is 0 Å². The molecular weight excluding hydrogens is 306 g/mol. The van der Waals surface area contributed by atoms with Gasteiger partial charge in [-0.1, -0.05) is 18.2 Å². The summed E-state index contributed by atoms with van der Waals surface area (Å²) in [5, 5.41) is 10.7. The number of ether oxygens (including phenoxy) is 1. The van der Waals surface area contributed by atoms with Crippen LogP contribution in [0.5, 0.6) is 5.75 Å². The van der Waals surface area contributed by atoms with E-state index in [1.165, 1.54) is 6.92 Å². The van der Waals surface area contributed by atoms with Crippen LogP contribution in [0.3, 0.4) is 0 Å². The first kappa shape index (κ1) is 15.5. The Bertz CT molecular complexity index is 828. The van der Waals surface area contributed by atoms with Crippen molar-refractivity contribution in [2.24, 2.45) is 0 Å². The summed E-state index contributed by atoms with van der Waals surface area (Å²) in [7, 11) is 0. The lowest BCUT2D eigenvalue weighted by molar-refractivity contribution is -0.114. The second-order valence-electron chi connectivity index (χ2n) is 5.14. The second-order valence-corrected chi connectivity index (χ2v) is 5.14. The van der Waals surface area contributed by atoms with E-state index in [9.17, 15) is 4.79 Å². The fourth-order valence-electron chi connectivity index (χ4n) is 2.27. The van der Waals surface area contributed by atoms with Gasteiger partial charge in [-0.2, -0.15) is 0 Å². The summed E-state index contributed by atoms with van der Waals surface area (Å²) in [5.41, 5.74) is 7.49. The Morgan fingerprint density at radius 2 is 1.83 bits per heavy atom. The van der Waals surface area contributed by atoms with Crippen molar-refractivity contribution in [2.45, 2.75) is 13.5 Å². The van der Waals surface area contributed by atoms with Crippen molar-refractivity contribution < 1.29 is 9.53 Å². The SMILES string of the molecule is CC(=O)Nc1ccc(OCc2nnc(N)n2-c2ccccc2)cc1. The van der Waals surface area contributed by atoms with E-state index in [4.69, 9.17) is 10.5 Å². The third kappa shape index (κ3) is 3.52. The van der Waals surface area contributed by atoms with E-state index < -0.39 is 0 Å². The molecule has 2 aromatic carbocycles. The third-order valence-corrected chi connectivity index (χ3v) is 3.31. The number of para-hydroxylation sites is 1. The zero-order valence-corrected chi connectivity index (χ0v) is 13.1. The maximum atomic E-state index is 11.0. The lowest BCUT2D eigenvalue weighted by Crippen LogP contribution is -2.08. The summed E-state index contributed by atoms with van der Waals surface area (Å²) in [6, 6.07) is 16.7. The fraction of sp³-hybridized carbons (Fsp3) is 0.118. The van der Waals surface area contributed by atoms with Gasteiger partial charge in [0.1, 0.15) is 12.4 Å². The Morgan fingerprint density at radius 3 is 2.50 bits per heavy atom. The Balaban J connectivity index is 1.73. The highest BCUT2D eigenvalue weighted by Crippen LogP contribution is 2.19. The second kappa shape index (κ2) is 6.82. The van der Waals surface area contributed by atoms with Gasteiger partial charge in [-0.3, -0.25) is 9.36 Å². The number of carbonyl (C=O) groups is 1. The molecule has 24 heavy (non-hydrogen) atoms. The summed E-state index contributed by atoms with van der Waals surface area (Å²) in [6.45, 7) is 1.68. The predicted octanol–water partition coefficient (Wildman–Crippen LogP) is 2.39. The highest BCUT2D eigenvalue weighted by Gasteiger charge is 2.12. The van der Waals surface area contributed by atoms with Gasteiger partial charge >= 0.3 is 0 Å². The molecule has 3 rings (SSSR count). The molecule has 0 unspecified atom stereocenters. The number of hydrogen-bond donors (Lipinski definition) is 2. The van der Waals surface area contributed by atoms with E-state index in [1.807, 2.05) is 30.3 Å². The van der Waals surface area contributed by atoms with E-state index in [1.54, 1.807) is 28.8 Å². The lowest BCUT2D eigenvalue weighted by Gasteiger charge is -2.10. The molecule has 0 bridgehead atoms. The Morgan fingerprint density at radius 1 is 1.12 bits per heavy atom. The van der Waals surface area contributed by atoms with Crippen LogP contribution in [0.1, 0.15) is 12.7 Å². The van der Waals surface area contributed by atoms with Crippen molar-refractivity contribution in [3.63, 3.8) is 0 Å². The number of benzene rings is 2. The normalized spacial score (nSPS) is 10.4. The zero-order chi connectivity index (χ0) is 16.9. The van der Waals surface area contributed by atoms with Crippen molar-refractivity contribution in [1.82, 2.24) is 14.8 Å². The van der Waals surface area contributed by atoms with Gasteiger partial charge in [-0.05, 0) is 36.4 Å². The molecule has 1 amide bonds. The molecule has 3 aromatic rings. The molecule has 0 aliphatic rings. The molecule has 7 nitrogen and oxygen atoms in total. The highest BCUT2D eigenvalue weighted by atomic mass is 16.5. The smallest absolute Gasteiger partial charge is 0.226 e. The molecule has 0 radical (unpaired) electrons. The van der Waals surface area contributed by atoms with E-state index in [0.29, 0.717) is 23.2 Å². The van der Waals surface area contributed by atoms with Crippen LogP contribution in [0.2, 0.25) is 0 Å². The van der Waals surface area contributed by atoms with Gasteiger partial charge in [-0.25, -0.2) is 0 Å². The quantitative estimate of drug-likeness (QED) is 0.751. The number of nitrogens with one attached hydrogen (secondary N) is 1. The van der Waals surface area contributed by atoms with Gasteiger partial charge in [-0.15, -0.1) is 10.2 Å². The zero-order valence-electron chi connectivity index (χ0n) is 13.1. The summed E-state index contributed by atoms with van der Waals surface area (Å²) < 4.78 is 7.48. The van der Waals surface area contributed by atoms with E-state index in [-0.39, 0.29) is 12.5 Å². The number of hydrogen-bond acceptors (Lipinski definition) is 5. The Hall–Kier alpha value is -3.35. The number of nitrogen functional groups attached to an aromatic ring is 1. The molecule has 1 aromatic heterocycles. The molecular formula is C17H17N5O2. The number of nitrogens with two attached hydrogens (primary N) is 1. The molecule has 0 aliphatic heterocycles. The van der Waals surface area contributed by atoms with E-state index >= 15 is 0 Å². The van der Waals surface area contributed by atoms with Gasteiger partial charge in [0, 0.05) is 12.6 Å². The summed E-state index contributed by atoms with van der Waals surface area (Å²) in [4.78, 5) is 11.0. The largest absolute Gasteiger partial charge is 0.486 e. The number of anilines is 2. The Labute approximate surface area is 139 Å². The van der Waals surface area contributed by atoms with Gasteiger partial charge in [0.05, 0.1) is 5.69 Å². The molecule has 0 saturated heterocycles. The first-order chi connectivity index (χ1) is 11.6.